The number of halogens is 2. The molecule has 0 saturated carbocycles. The summed E-state index contributed by atoms with van der Waals surface area (Å²) in [6, 6.07) is 20.6. The van der Waals surface area contributed by atoms with E-state index in [0.29, 0.717) is 17.0 Å². The third-order valence-electron chi connectivity index (χ3n) is 5.21. The number of thiol groups is 1. The smallest absolute Gasteiger partial charge is 0.228 e. The first kappa shape index (κ1) is 24.2. The largest absolute Gasteiger partial charge is 0.457 e. The van der Waals surface area contributed by atoms with Crippen molar-refractivity contribution in [2.24, 2.45) is 0 Å². The Bertz CT molecular complexity index is 1380. The van der Waals surface area contributed by atoms with Gasteiger partial charge in [0.15, 0.2) is 4.90 Å². The standard InChI is InChI=1S/C27H22F2N2O3S/c1-2-35(33)22-11-8-18(9-12-22)15-26(32)31-20-10-13-23(24-7-4-14-30-27(24)29)25(17-20)34-21-6-3-5-19(28)16-21/h3-14,16-17H,2,15H2,1H3,(H,31,32)/p+1. The molecule has 0 bridgehead atoms. The Balaban J connectivity index is 1.57. The van der Waals surface area contributed by atoms with Gasteiger partial charge >= 0.3 is 0 Å². The third kappa shape index (κ3) is 6.16. The van der Waals surface area contributed by atoms with E-state index in [1.165, 1.54) is 24.4 Å². The zero-order valence-electron chi connectivity index (χ0n) is 18.9. The summed E-state index contributed by atoms with van der Waals surface area (Å²) in [6.45, 7) is 1.86. The fourth-order valence-electron chi connectivity index (χ4n) is 3.50. The van der Waals surface area contributed by atoms with E-state index in [9.17, 15) is 17.8 Å². The van der Waals surface area contributed by atoms with E-state index in [1.54, 1.807) is 60.7 Å². The minimum atomic E-state index is -1.42. The number of carbonyl (C=O) groups excluding carboxylic acids is 1. The Kier molecular flexibility index (Phi) is 7.62. The summed E-state index contributed by atoms with van der Waals surface area (Å²) in [5.74, 6) is -0.405. The molecule has 1 aromatic heterocycles. The molecule has 8 heteroatoms. The average molecular weight is 494 g/mol. The Hall–Kier alpha value is -3.91. The molecule has 1 unspecified atom stereocenters. The molecule has 178 valence electrons. The number of rotatable bonds is 8. The molecule has 0 aliphatic heterocycles. The van der Waals surface area contributed by atoms with E-state index in [1.807, 2.05) is 6.92 Å². The summed E-state index contributed by atoms with van der Waals surface area (Å²) in [6.07, 6.45) is 1.45. The second-order valence-corrected chi connectivity index (χ2v) is 9.60. The molecule has 0 fully saturated rings. The van der Waals surface area contributed by atoms with Crippen LogP contribution in [0.3, 0.4) is 0 Å². The predicted molar refractivity (Wildman–Crippen MR) is 133 cm³/mol. The number of nitrogens with zero attached hydrogens (tertiary/aromatic N) is 1. The molecule has 35 heavy (non-hydrogen) atoms. The molecule has 1 N–H and O–H groups in total. The van der Waals surface area contributed by atoms with Crippen molar-refractivity contribution < 1.29 is 22.5 Å². The Morgan fingerprint density at radius 3 is 2.49 bits per heavy atom. The van der Waals surface area contributed by atoms with Crippen LogP contribution < -0.4 is 10.1 Å². The van der Waals surface area contributed by atoms with Gasteiger partial charge in [0.05, 0.1) is 6.42 Å². The van der Waals surface area contributed by atoms with E-state index in [-0.39, 0.29) is 29.4 Å². The number of aromatic nitrogens is 1. The van der Waals surface area contributed by atoms with Gasteiger partial charge in [0.25, 0.3) is 0 Å². The first-order valence-corrected chi connectivity index (χ1v) is 12.4. The van der Waals surface area contributed by atoms with Crippen molar-refractivity contribution in [3.8, 4) is 22.6 Å². The average Bonchev–Trinajstić information content (AvgIpc) is 2.85. The summed E-state index contributed by atoms with van der Waals surface area (Å²) < 4.78 is 45.9. The van der Waals surface area contributed by atoms with Gasteiger partial charge in [-0.2, -0.15) is 4.39 Å². The molecule has 4 rings (SSSR count). The molecule has 4 aromatic rings. The molecule has 1 amide bonds. The molecular weight excluding hydrogens is 470 g/mol. The summed E-state index contributed by atoms with van der Waals surface area (Å²) in [5, 5.41) is 2.81. The number of benzene rings is 3. The maximum Gasteiger partial charge on any atom is 0.228 e. The van der Waals surface area contributed by atoms with Crippen molar-refractivity contribution in [1.29, 1.82) is 0 Å². The number of amides is 1. The molecule has 0 spiro atoms. The lowest BCUT2D eigenvalue weighted by Crippen LogP contribution is -2.14. The van der Waals surface area contributed by atoms with E-state index in [0.717, 1.165) is 10.5 Å². The summed E-state index contributed by atoms with van der Waals surface area (Å²) >= 11 is 0. The van der Waals surface area contributed by atoms with Crippen LogP contribution in [0.2, 0.25) is 0 Å². The molecule has 0 aliphatic carbocycles. The number of anilines is 1. The van der Waals surface area contributed by atoms with Gasteiger partial charge in [-0.05, 0) is 61.0 Å². The van der Waals surface area contributed by atoms with E-state index < -0.39 is 22.6 Å². The quantitative estimate of drug-likeness (QED) is 0.184. The van der Waals surface area contributed by atoms with Crippen LogP contribution in [0.1, 0.15) is 12.5 Å². The van der Waals surface area contributed by atoms with Crippen molar-refractivity contribution in [3.05, 3.63) is 102 Å². The van der Waals surface area contributed by atoms with Crippen LogP contribution >= 0.6 is 0 Å². The van der Waals surface area contributed by atoms with Crippen LogP contribution in [0.15, 0.2) is 90.0 Å². The van der Waals surface area contributed by atoms with Gasteiger partial charge in [-0.15, -0.1) is 4.21 Å². The van der Waals surface area contributed by atoms with Gasteiger partial charge in [0, 0.05) is 35.1 Å². The van der Waals surface area contributed by atoms with Crippen molar-refractivity contribution >= 4 is 22.4 Å². The van der Waals surface area contributed by atoms with Gasteiger partial charge in [0.2, 0.25) is 11.9 Å². The normalized spacial score (nSPS) is 11.6. The van der Waals surface area contributed by atoms with Gasteiger partial charge < -0.3 is 10.1 Å². The highest BCUT2D eigenvalue weighted by atomic mass is 32.2. The first-order valence-electron chi connectivity index (χ1n) is 10.9. The van der Waals surface area contributed by atoms with Crippen LogP contribution in [-0.2, 0) is 26.2 Å². The second-order valence-electron chi connectivity index (χ2n) is 7.70. The number of nitrogens with one attached hydrogen (secondary N) is 1. The molecule has 0 aliphatic rings. The molecule has 1 heterocycles. The number of pyridine rings is 1. The maximum absolute atomic E-state index is 14.4. The van der Waals surface area contributed by atoms with Gasteiger partial charge in [-0.1, -0.05) is 18.2 Å². The molecular formula is C27H23F2N2O3S+. The first-order chi connectivity index (χ1) is 16.9. The molecule has 3 aromatic carbocycles. The van der Waals surface area contributed by atoms with E-state index in [2.05, 4.69) is 10.3 Å². The topological polar surface area (TPSA) is 68.3 Å². The molecule has 5 nitrogen and oxygen atoms in total. The van der Waals surface area contributed by atoms with Crippen LogP contribution in [0.25, 0.3) is 11.1 Å². The minimum absolute atomic E-state index is 0.113. The second kappa shape index (κ2) is 11.0. The van der Waals surface area contributed by atoms with Crippen molar-refractivity contribution in [1.82, 2.24) is 4.98 Å². The van der Waals surface area contributed by atoms with Crippen LogP contribution in [0.4, 0.5) is 14.5 Å². The SMILES string of the molecule is CC[SH+](=O)c1ccc(CC(=O)Nc2ccc(-c3cccnc3F)c(Oc3cccc(F)c3)c2)cc1. The van der Waals surface area contributed by atoms with Crippen LogP contribution in [0, 0.1) is 11.8 Å². The van der Waals surface area contributed by atoms with Gasteiger partial charge in [-0.25, -0.2) is 9.37 Å². The summed E-state index contributed by atoms with van der Waals surface area (Å²) in [4.78, 5) is 17.1. The summed E-state index contributed by atoms with van der Waals surface area (Å²) in [5.41, 5.74) is 1.82. The Morgan fingerprint density at radius 2 is 1.77 bits per heavy atom. The van der Waals surface area contributed by atoms with Crippen LogP contribution in [0.5, 0.6) is 11.5 Å². The Labute approximate surface area is 204 Å². The third-order valence-corrected chi connectivity index (χ3v) is 6.66. The van der Waals surface area contributed by atoms with E-state index in [4.69, 9.17) is 4.74 Å². The number of ether oxygens (including phenoxy) is 1. The molecule has 1 atom stereocenters. The van der Waals surface area contributed by atoms with Gasteiger partial charge in [-0.3, -0.25) is 4.79 Å². The van der Waals surface area contributed by atoms with Crippen molar-refractivity contribution in [3.63, 3.8) is 0 Å². The lowest BCUT2D eigenvalue weighted by molar-refractivity contribution is -0.115. The maximum atomic E-state index is 14.4. The van der Waals surface area contributed by atoms with Crippen molar-refractivity contribution in [2.45, 2.75) is 18.2 Å². The predicted octanol–water partition coefficient (Wildman–Crippen LogP) is 6.08. The van der Waals surface area contributed by atoms with E-state index >= 15 is 0 Å². The highest BCUT2D eigenvalue weighted by Crippen LogP contribution is 2.36. The fraction of sp³-hybridized carbons (Fsp3) is 0.111. The lowest BCUT2D eigenvalue weighted by atomic mass is 10.1. The fourth-order valence-corrected chi connectivity index (χ4v) is 4.35. The van der Waals surface area contributed by atoms with Gasteiger partial charge in [0.1, 0.15) is 33.9 Å². The minimum Gasteiger partial charge on any atom is -0.457 e. The molecule has 0 radical (unpaired) electrons. The lowest BCUT2D eigenvalue weighted by Gasteiger charge is -2.14. The molecule has 0 saturated heterocycles. The number of hydrogen-bond donors (Lipinski definition) is 1. The summed E-state index contributed by atoms with van der Waals surface area (Å²) in [7, 11) is -1.42. The van der Waals surface area contributed by atoms with Crippen LogP contribution in [-0.4, -0.2) is 16.6 Å². The van der Waals surface area contributed by atoms with Crippen molar-refractivity contribution in [2.75, 3.05) is 11.1 Å². The highest BCUT2D eigenvalue weighted by molar-refractivity contribution is 7.84. The number of carbonyl (C=O) groups is 1. The Morgan fingerprint density at radius 1 is 0.971 bits per heavy atom. The zero-order chi connectivity index (χ0) is 24.8. The monoisotopic (exact) mass is 493 g/mol. The number of hydrogen-bond acceptors (Lipinski definition) is 4. The highest BCUT2D eigenvalue weighted by Gasteiger charge is 2.15. The zero-order valence-corrected chi connectivity index (χ0v) is 19.8.